The van der Waals surface area contributed by atoms with Crippen LogP contribution >= 0.6 is 0 Å². The topological polar surface area (TPSA) is 47.9 Å². The number of hydrogen-bond donors (Lipinski definition) is 0. The van der Waals surface area contributed by atoms with Crippen LogP contribution in [0.4, 0.5) is 0 Å². The molecular formula is C5H7NO3. The minimum absolute atomic E-state index is 0.275. The molecule has 0 radical (unpaired) electrons. The number of hydrogen-bond acceptors (Lipinski definition) is 4. The molecule has 4 nitrogen and oxygen atoms in total. The first kappa shape index (κ1) is 6.07. The van der Waals surface area contributed by atoms with Gasteiger partial charge >= 0.3 is 5.97 Å². The van der Waals surface area contributed by atoms with Gasteiger partial charge in [-0.25, -0.2) is 0 Å². The second-order valence-corrected chi connectivity index (χ2v) is 1.70. The SMILES string of the molecule is CC(=O)OC1C=NOC1. The van der Waals surface area contributed by atoms with Crippen LogP contribution < -0.4 is 0 Å². The van der Waals surface area contributed by atoms with Crippen molar-refractivity contribution in [1.82, 2.24) is 0 Å². The van der Waals surface area contributed by atoms with Gasteiger partial charge in [0.1, 0.15) is 0 Å². The monoisotopic (exact) mass is 129 g/mol. The van der Waals surface area contributed by atoms with E-state index in [-0.39, 0.29) is 12.1 Å². The van der Waals surface area contributed by atoms with Crippen molar-refractivity contribution in [3.63, 3.8) is 0 Å². The van der Waals surface area contributed by atoms with Crippen molar-refractivity contribution in [1.29, 1.82) is 0 Å². The zero-order chi connectivity index (χ0) is 6.69. The van der Waals surface area contributed by atoms with Crippen molar-refractivity contribution < 1.29 is 14.4 Å². The van der Waals surface area contributed by atoms with Gasteiger partial charge in [0.2, 0.25) is 0 Å². The fraction of sp³-hybridized carbons (Fsp3) is 0.600. The fourth-order valence-electron chi connectivity index (χ4n) is 0.548. The lowest BCUT2D eigenvalue weighted by molar-refractivity contribution is -0.144. The highest BCUT2D eigenvalue weighted by Crippen LogP contribution is 1.97. The van der Waals surface area contributed by atoms with Crippen LogP contribution in [0.5, 0.6) is 0 Å². The molecule has 1 unspecified atom stereocenters. The van der Waals surface area contributed by atoms with Crippen LogP contribution in [0.1, 0.15) is 6.92 Å². The van der Waals surface area contributed by atoms with Gasteiger partial charge in [-0.1, -0.05) is 5.16 Å². The van der Waals surface area contributed by atoms with Crippen LogP contribution in [-0.2, 0) is 14.4 Å². The van der Waals surface area contributed by atoms with Crippen LogP contribution in [0.2, 0.25) is 0 Å². The first-order valence-electron chi connectivity index (χ1n) is 2.61. The molecule has 1 heterocycles. The average Bonchev–Trinajstić information content (AvgIpc) is 2.15. The molecule has 4 heteroatoms. The number of esters is 1. The largest absolute Gasteiger partial charge is 0.453 e. The summed E-state index contributed by atoms with van der Waals surface area (Å²) in [5.41, 5.74) is 0. The summed E-state index contributed by atoms with van der Waals surface area (Å²) in [7, 11) is 0. The van der Waals surface area contributed by atoms with Crippen molar-refractivity contribution in [2.45, 2.75) is 13.0 Å². The van der Waals surface area contributed by atoms with E-state index in [2.05, 4.69) is 9.99 Å². The fourth-order valence-corrected chi connectivity index (χ4v) is 0.548. The van der Waals surface area contributed by atoms with Gasteiger partial charge in [0.15, 0.2) is 12.7 Å². The molecule has 1 atom stereocenters. The Balaban J connectivity index is 2.28. The predicted octanol–water partition coefficient (Wildman–Crippen LogP) is -0.0659. The van der Waals surface area contributed by atoms with Crippen molar-refractivity contribution in [3.05, 3.63) is 0 Å². The van der Waals surface area contributed by atoms with Crippen LogP contribution in [0.3, 0.4) is 0 Å². The molecule has 0 N–H and O–H groups in total. The minimum Gasteiger partial charge on any atom is -0.453 e. The maximum Gasteiger partial charge on any atom is 0.303 e. The second kappa shape index (κ2) is 2.48. The molecule has 1 aliphatic heterocycles. The Bertz CT molecular complexity index is 143. The van der Waals surface area contributed by atoms with E-state index in [1.165, 1.54) is 13.1 Å². The Morgan fingerprint density at radius 2 is 2.78 bits per heavy atom. The molecule has 9 heavy (non-hydrogen) atoms. The minimum atomic E-state index is -0.308. The van der Waals surface area contributed by atoms with Crippen LogP contribution in [0.15, 0.2) is 5.16 Å². The number of ether oxygens (including phenoxy) is 1. The number of oxime groups is 1. The molecule has 0 bridgehead atoms. The average molecular weight is 129 g/mol. The first-order valence-corrected chi connectivity index (χ1v) is 2.61. The highest BCUT2D eigenvalue weighted by molar-refractivity contribution is 5.72. The van der Waals surface area contributed by atoms with Gasteiger partial charge in [0.25, 0.3) is 0 Å². The van der Waals surface area contributed by atoms with Crippen LogP contribution in [-0.4, -0.2) is 24.9 Å². The summed E-state index contributed by atoms with van der Waals surface area (Å²) >= 11 is 0. The normalized spacial score (nSPS) is 23.4. The first-order chi connectivity index (χ1) is 4.29. The second-order valence-electron chi connectivity index (χ2n) is 1.70. The highest BCUT2D eigenvalue weighted by Gasteiger charge is 2.13. The molecule has 0 amide bonds. The molecule has 1 aliphatic rings. The molecule has 1 rings (SSSR count). The Morgan fingerprint density at radius 1 is 2.00 bits per heavy atom. The molecule has 50 valence electrons. The molecule has 0 saturated heterocycles. The maximum atomic E-state index is 10.3. The van der Waals surface area contributed by atoms with Gasteiger partial charge in [0.05, 0.1) is 6.21 Å². The zero-order valence-electron chi connectivity index (χ0n) is 5.03. The van der Waals surface area contributed by atoms with E-state index in [9.17, 15) is 4.79 Å². The molecule has 0 aromatic carbocycles. The molecule has 0 aromatic rings. The predicted molar refractivity (Wildman–Crippen MR) is 30.0 cm³/mol. The summed E-state index contributed by atoms with van der Waals surface area (Å²) in [4.78, 5) is 14.8. The van der Waals surface area contributed by atoms with Crippen molar-refractivity contribution in [2.75, 3.05) is 6.61 Å². The summed E-state index contributed by atoms with van der Waals surface area (Å²) in [6.07, 6.45) is 1.18. The van der Waals surface area contributed by atoms with Gasteiger partial charge in [-0.2, -0.15) is 0 Å². The summed E-state index contributed by atoms with van der Waals surface area (Å²) in [5, 5.41) is 3.42. The Morgan fingerprint density at radius 3 is 3.22 bits per heavy atom. The number of rotatable bonds is 1. The molecule has 0 saturated carbocycles. The van der Waals surface area contributed by atoms with Gasteiger partial charge in [-0.15, -0.1) is 0 Å². The maximum absolute atomic E-state index is 10.3. The van der Waals surface area contributed by atoms with Crippen molar-refractivity contribution in [2.24, 2.45) is 5.16 Å². The van der Waals surface area contributed by atoms with E-state index >= 15 is 0 Å². The number of carbonyl (C=O) groups excluding carboxylic acids is 1. The van der Waals surface area contributed by atoms with Gasteiger partial charge in [-0.3, -0.25) is 4.79 Å². The number of nitrogens with zero attached hydrogens (tertiary/aromatic N) is 1. The molecular weight excluding hydrogens is 122 g/mol. The van der Waals surface area contributed by atoms with E-state index in [1.807, 2.05) is 0 Å². The molecule has 0 fully saturated rings. The van der Waals surface area contributed by atoms with E-state index in [4.69, 9.17) is 4.74 Å². The summed E-state index contributed by atoms with van der Waals surface area (Å²) in [6.45, 7) is 1.70. The summed E-state index contributed by atoms with van der Waals surface area (Å²) < 4.78 is 4.70. The Labute approximate surface area is 52.4 Å². The summed E-state index contributed by atoms with van der Waals surface area (Å²) in [5.74, 6) is -0.308. The van der Waals surface area contributed by atoms with Gasteiger partial charge in [-0.05, 0) is 0 Å². The zero-order valence-corrected chi connectivity index (χ0v) is 5.03. The van der Waals surface area contributed by atoms with Crippen LogP contribution in [0, 0.1) is 0 Å². The lowest BCUT2D eigenvalue weighted by Crippen LogP contribution is -2.18. The third-order valence-corrected chi connectivity index (χ3v) is 0.858. The van der Waals surface area contributed by atoms with Crippen molar-refractivity contribution in [3.8, 4) is 0 Å². The lowest BCUT2D eigenvalue weighted by atomic mass is 10.4. The van der Waals surface area contributed by atoms with Crippen LogP contribution in [0.25, 0.3) is 0 Å². The van der Waals surface area contributed by atoms with Crippen molar-refractivity contribution >= 4 is 12.2 Å². The Kier molecular flexibility index (Phi) is 1.67. The van der Waals surface area contributed by atoms with E-state index in [1.54, 1.807) is 0 Å². The standard InChI is InChI=1S/C5H7NO3/c1-4(7)9-5-2-6-8-3-5/h2,5H,3H2,1H3. The number of carbonyl (C=O) groups is 1. The van der Waals surface area contributed by atoms with Gasteiger partial charge in [0, 0.05) is 6.92 Å². The highest BCUT2D eigenvalue weighted by atomic mass is 16.7. The molecule has 0 aliphatic carbocycles. The van der Waals surface area contributed by atoms with E-state index in [0.29, 0.717) is 6.61 Å². The lowest BCUT2D eigenvalue weighted by Gasteiger charge is -2.02. The van der Waals surface area contributed by atoms with Gasteiger partial charge < -0.3 is 9.57 Å². The molecule has 0 spiro atoms. The van der Waals surface area contributed by atoms with E-state index in [0.717, 1.165) is 0 Å². The smallest absolute Gasteiger partial charge is 0.303 e. The van der Waals surface area contributed by atoms with E-state index < -0.39 is 0 Å². The summed E-state index contributed by atoms with van der Waals surface area (Å²) in [6, 6.07) is 0. The Hall–Kier alpha value is -1.06. The third-order valence-electron chi connectivity index (χ3n) is 0.858. The molecule has 0 aromatic heterocycles. The quantitative estimate of drug-likeness (QED) is 0.466. The third kappa shape index (κ3) is 1.71.